The second kappa shape index (κ2) is 6.83. The average Bonchev–Trinajstić information content (AvgIpc) is 3.06. The number of nitrogens with one attached hydrogen (secondary N) is 1. The van der Waals surface area contributed by atoms with Crippen molar-refractivity contribution in [3.63, 3.8) is 0 Å². The topological polar surface area (TPSA) is 76.6 Å². The van der Waals surface area contributed by atoms with Crippen molar-refractivity contribution in [2.24, 2.45) is 0 Å². The summed E-state index contributed by atoms with van der Waals surface area (Å²) >= 11 is 0. The van der Waals surface area contributed by atoms with Crippen molar-refractivity contribution >= 4 is 22.7 Å². The summed E-state index contributed by atoms with van der Waals surface area (Å²) in [4.78, 5) is 30.3. The van der Waals surface area contributed by atoms with E-state index in [9.17, 15) is 9.59 Å². The highest BCUT2D eigenvalue weighted by Gasteiger charge is 2.23. The lowest BCUT2D eigenvalue weighted by Gasteiger charge is -2.34. The minimum atomic E-state index is -0.463. The van der Waals surface area contributed by atoms with Crippen LogP contribution >= 0.6 is 0 Å². The molecule has 2 heterocycles. The summed E-state index contributed by atoms with van der Waals surface area (Å²) < 4.78 is 0. The van der Waals surface area contributed by atoms with Crippen LogP contribution in [0.5, 0.6) is 0 Å². The van der Waals surface area contributed by atoms with Crippen molar-refractivity contribution in [2.45, 2.75) is 12.8 Å². The zero-order chi connectivity index (χ0) is 16.2. The number of aryl methyl sites for hydroxylation is 1. The summed E-state index contributed by atoms with van der Waals surface area (Å²) in [7, 11) is 0. The smallest absolute Gasteiger partial charge is 0.248 e. The summed E-state index contributed by atoms with van der Waals surface area (Å²) in [6.07, 6.45) is 3.10. The fraction of sp³-hybridized carbons (Fsp3) is 0.412. The summed E-state index contributed by atoms with van der Waals surface area (Å²) in [5.41, 5.74) is 2.25. The molecule has 3 rings (SSSR count). The van der Waals surface area contributed by atoms with Gasteiger partial charge in [0, 0.05) is 44.3 Å². The molecular formula is C17H21N3O3. The predicted molar refractivity (Wildman–Crippen MR) is 86.9 cm³/mol. The van der Waals surface area contributed by atoms with Crippen LogP contribution in [0.25, 0.3) is 10.9 Å². The first-order valence-corrected chi connectivity index (χ1v) is 7.90. The lowest BCUT2D eigenvalue weighted by atomic mass is 10.1. The largest absolute Gasteiger partial charge is 0.387 e. The van der Waals surface area contributed by atoms with E-state index in [4.69, 9.17) is 5.11 Å². The number of H-pyrrole nitrogens is 1. The van der Waals surface area contributed by atoms with E-state index in [1.54, 1.807) is 9.80 Å². The van der Waals surface area contributed by atoms with E-state index in [2.05, 4.69) is 11.1 Å². The lowest BCUT2D eigenvalue weighted by molar-refractivity contribution is -0.141. The maximum Gasteiger partial charge on any atom is 0.248 e. The molecule has 0 bridgehead atoms. The molecule has 6 heteroatoms. The quantitative estimate of drug-likeness (QED) is 0.875. The molecule has 2 aromatic rings. The molecule has 1 saturated heterocycles. The van der Waals surface area contributed by atoms with Crippen molar-refractivity contribution in [2.75, 3.05) is 32.8 Å². The molecule has 0 radical (unpaired) electrons. The van der Waals surface area contributed by atoms with Crippen LogP contribution in [-0.2, 0) is 16.0 Å². The monoisotopic (exact) mass is 315 g/mol. The number of aromatic amines is 1. The van der Waals surface area contributed by atoms with Gasteiger partial charge >= 0.3 is 0 Å². The molecule has 23 heavy (non-hydrogen) atoms. The van der Waals surface area contributed by atoms with Gasteiger partial charge in [-0.2, -0.15) is 0 Å². The number of nitrogens with zero attached hydrogens (tertiary/aromatic N) is 2. The molecule has 1 aliphatic heterocycles. The molecule has 0 spiro atoms. The molecule has 0 aliphatic carbocycles. The van der Waals surface area contributed by atoms with E-state index in [1.165, 1.54) is 0 Å². The van der Waals surface area contributed by atoms with Gasteiger partial charge in [-0.1, -0.05) is 6.07 Å². The van der Waals surface area contributed by atoms with Crippen molar-refractivity contribution in [1.82, 2.24) is 14.8 Å². The van der Waals surface area contributed by atoms with Crippen LogP contribution in [0, 0.1) is 0 Å². The Bertz CT molecular complexity index is 702. The second-order valence-electron chi connectivity index (χ2n) is 5.82. The Morgan fingerprint density at radius 3 is 2.43 bits per heavy atom. The van der Waals surface area contributed by atoms with E-state index in [0.29, 0.717) is 32.6 Å². The van der Waals surface area contributed by atoms with Crippen LogP contribution in [0.3, 0.4) is 0 Å². The summed E-state index contributed by atoms with van der Waals surface area (Å²) in [5, 5.41) is 10.0. The molecule has 1 aliphatic rings. The number of piperazine rings is 1. The third kappa shape index (κ3) is 3.53. The van der Waals surface area contributed by atoms with Gasteiger partial charge < -0.3 is 19.9 Å². The molecule has 6 nitrogen and oxygen atoms in total. The highest BCUT2D eigenvalue weighted by molar-refractivity contribution is 5.81. The van der Waals surface area contributed by atoms with Gasteiger partial charge in [0.15, 0.2) is 0 Å². The fourth-order valence-corrected chi connectivity index (χ4v) is 2.97. The Labute approximate surface area is 134 Å². The third-order valence-corrected chi connectivity index (χ3v) is 4.37. The number of hydrogen-bond donors (Lipinski definition) is 2. The molecule has 0 saturated carbocycles. The molecule has 1 aromatic heterocycles. The van der Waals surface area contributed by atoms with Crippen LogP contribution in [0.15, 0.2) is 30.5 Å². The number of carbonyl (C=O) groups is 2. The van der Waals surface area contributed by atoms with Gasteiger partial charge in [0.25, 0.3) is 0 Å². The van der Waals surface area contributed by atoms with E-state index < -0.39 is 6.61 Å². The maximum absolute atomic E-state index is 12.3. The number of aromatic nitrogens is 1. The molecule has 1 aromatic carbocycles. The highest BCUT2D eigenvalue weighted by atomic mass is 16.3. The summed E-state index contributed by atoms with van der Waals surface area (Å²) in [5.74, 6) is -0.146. The Morgan fingerprint density at radius 1 is 1.04 bits per heavy atom. The minimum absolute atomic E-state index is 0.121. The maximum atomic E-state index is 12.3. The summed E-state index contributed by atoms with van der Waals surface area (Å²) in [6.45, 7) is 1.62. The first-order chi connectivity index (χ1) is 11.2. The molecule has 122 valence electrons. The number of carbonyl (C=O) groups excluding carboxylic acids is 2. The van der Waals surface area contributed by atoms with Crippen molar-refractivity contribution < 1.29 is 14.7 Å². The van der Waals surface area contributed by atoms with E-state index in [1.807, 2.05) is 24.4 Å². The Morgan fingerprint density at radius 2 is 1.74 bits per heavy atom. The van der Waals surface area contributed by atoms with Crippen LogP contribution in [0.4, 0.5) is 0 Å². The van der Waals surface area contributed by atoms with E-state index in [0.717, 1.165) is 22.9 Å². The number of aliphatic hydroxyl groups excluding tert-OH is 1. The first kappa shape index (κ1) is 15.6. The summed E-state index contributed by atoms with van der Waals surface area (Å²) in [6, 6.07) is 8.22. The number of amides is 2. The first-order valence-electron chi connectivity index (χ1n) is 7.90. The zero-order valence-corrected chi connectivity index (χ0v) is 13.0. The van der Waals surface area contributed by atoms with Crippen LogP contribution < -0.4 is 0 Å². The number of hydrogen-bond acceptors (Lipinski definition) is 3. The third-order valence-electron chi connectivity index (χ3n) is 4.37. The molecule has 0 unspecified atom stereocenters. The Kier molecular flexibility index (Phi) is 4.62. The van der Waals surface area contributed by atoms with Crippen molar-refractivity contribution in [3.05, 3.63) is 36.0 Å². The van der Waals surface area contributed by atoms with Gasteiger partial charge in [0.05, 0.1) is 0 Å². The predicted octanol–water partition coefficient (Wildman–Crippen LogP) is 0.764. The normalized spacial score (nSPS) is 15.2. The van der Waals surface area contributed by atoms with Gasteiger partial charge in [-0.3, -0.25) is 9.59 Å². The number of fused-ring (bicyclic) bond motifs is 1. The van der Waals surface area contributed by atoms with Gasteiger partial charge in [0.2, 0.25) is 11.8 Å². The standard InChI is InChI=1S/C17H21N3O3/c21-12-17(23)20-9-7-19(8-10-20)16(22)4-2-13-1-3-15-14(11-13)5-6-18-15/h1,3,5-6,11,18,21H,2,4,7-10,12H2. The molecule has 2 amide bonds. The second-order valence-corrected chi connectivity index (χ2v) is 5.82. The SMILES string of the molecule is O=C(CO)N1CCN(C(=O)CCc2ccc3[nH]ccc3c2)CC1. The average molecular weight is 315 g/mol. The van der Waals surface area contributed by atoms with E-state index in [-0.39, 0.29) is 11.8 Å². The minimum Gasteiger partial charge on any atom is -0.387 e. The molecular weight excluding hydrogens is 294 g/mol. The van der Waals surface area contributed by atoms with Gasteiger partial charge in [-0.25, -0.2) is 0 Å². The molecule has 1 fully saturated rings. The van der Waals surface area contributed by atoms with Gasteiger partial charge in [-0.15, -0.1) is 0 Å². The number of rotatable bonds is 4. The van der Waals surface area contributed by atoms with Crippen LogP contribution in [0.2, 0.25) is 0 Å². The Balaban J connectivity index is 1.50. The number of benzene rings is 1. The highest BCUT2D eigenvalue weighted by Crippen LogP contribution is 2.16. The Hall–Kier alpha value is -2.34. The lowest BCUT2D eigenvalue weighted by Crippen LogP contribution is -2.51. The van der Waals surface area contributed by atoms with Crippen LogP contribution in [-0.4, -0.2) is 64.5 Å². The fourth-order valence-electron chi connectivity index (χ4n) is 2.97. The zero-order valence-electron chi connectivity index (χ0n) is 13.0. The van der Waals surface area contributed by atoms with Crippen molar-refractivity contribution in [3.8, 4) is 0 Å². The molecule has 2 N–H and O–H groups in total. The van der Waals surface area contributed by atoms with Crippen LogP contribution in [0.1, 0.15) is 12.0 Å². The van der Waals surface area contributed by atoms with Gasteiger partial charge in [0.1, 0.15) is 6.61 Å². The van der Waals surface area contributed by atoms with E-state index >= 15 is 0 Å². The number of aliphatic hydroxyl groups is 1. The van der Waals surface area contributed by atoms with Gasteiger partial charge in [-0.05, 0) is 35.6 Å². The molecule has 0 atom stereocenters. The van der Waals surface area contributed by atoms with Crippen molar-refractivity contribution in [1.29, 1.82) is 0 Å².